The normalized spacial score (nSPS) is 10.2. The summed E-state index contributed by atoms with van der Waals surface area (Å²) in [6, 6.07) is 5.69. The van der Waals surface area contributed by atoms with E-state index in [0.29, 0.717) is 10.7 Å². The van der Waals surface area contributed by atoms with Crippen LogP contribution in [0.2, 0.25) is 5.02 Å². The third-order valence-corrected chi connectivity index (χ3v) is 1.98. The predicted octanol–water partition coefficient (Wildman–Crippen LogP) is 2.03. The van der Waals surface area contributed by atoms with Crippen LogP contribution in [-0.2, 0) is 6.54 Å². The second-order valence-corrected chi connectivity index (χ2v) is 3.04. The maximum absolute atomic E-state index is 5.77. The zero-order valence-corrected chi connectivity index (χ0v) is 7.86. The van der Waals surface area contributed by atoms with Crippen LogP contribution in [0.15, 0.2) is 18.2 Å². The van der Waals surface area contributed by atoms with E-state index in [4.69, 9.17) is 17.3 Å². The summed E-state index contributed by atoms with van der Waals surface area (Å²) in [5.74, 6) is 0. The van der Waals surface area contributed by atoms with Gasteiger partial charge in [0.25, 0.3) is 0 Å². The zero-order chi connectivity index (χ0) is 8.97. The number of halogens is 1. The molecule has 0 aliphatic heterocycles. The molecule has 0 saturated heterocycles. The molecule has 66 valence electrons. The molecule has 0 heterocycles. The van der Waals surface area contributed by atoms with Gasteiger partial charge < -0.3 is 11.1 Å². The van der Waals surface area contributed by atoms with Crippen LogP contribution in [-0.4, -0.2) is 6.54 Å². The number of anilines is 1. The first-order valence-corrected chi connectivity index (χ1v) is 4.36. The quantitative estimate of drug-likeness (QED) is 0.706. The highest BCUT2D eigenvalue weighted by Crippen LogP contribution is 2.19. The van der Waals surface area contributed by atoms with Gasteiger partial charge in [-0.25, -0.2) is 0 Å². The molecular formula is C9H13ClN2. The van der Waals surface area contributed by atoms with Crippen LogP contribution in [0.1, 0.15) is 12.5 Å². The number of nitrogen functional groups attached to an aromatic ring is 1. The monoisotopic (exact) mass is 184 g/mol. The fraction of sp³-hybridized carbons (Fsp3) is 0.333. The molecule has 2 nitrogen and oxygen atoms in total. The number of hydrogen-bond donors (Lipinski definition) is 2. The van der Waals surface area contributed by atoms with Gasteiger partial charge in [0, 0.05) is 6.54 Å². The van der Waals surface area contributed by atoms with E-state index in [9.17, 15) is 0 Å². The molecule has 12 heavy (non-hydrogen) atoms. The Morgan fingerprint density at radius 2 is 2.25 bits per heavy atom. The van der Waals surface area contributed by atoms with Crippen LogP contribution in [0.3, 0.4) is 0 Å². The minimum absolute atomic E-state index is 0.621. The standard InChI is InChI=1S/C9H13ClN2/c1-2-12-6-7-3-4-8(10)9(11)5-7/h3-5,12H,2,6,11H2,1H3. The van der Waals surface area contributed by atoms with Gasteiger partial charge >= 0.3 is 0 Å². The van der Waals surface area contributed by atoms with Crippen molar-refractivity contribution in [3.05, 3.63) is 28.8 Å². The second-order valence-electron chi connectivity index (χ2n) is 2.64. The first-order chi connectivity index (χ1) is 5.74. The Kier molecular flexibility index (Phi) is 3.38. The van der Waals surface area contributed by atoms with Gasteiger partial charge in [-0.1, -0.05) is 24.6 Å². The molecule has 0 radical (unpaired) electrons. The van der Waals surface area contributed by atoms with E-state index in [1.807, 2.05) is 18.2 Å². The fourth-order valence-corrected chi connectivity index (χ4v) is 1.09. The number of nitrogens with one attached hydrogen (secondary N) is 1. The van der Waals surface area contributed by atoms with Crippen molar-refractivity contribution in [1.82, 2.24) is 5.32 Å². The van der Waals surface area contributed by atoms with Gasteiger partial charge in [-0.3, -0.25) is 0 Å². The number of nitrogens with two attached hydrogens (primary N) is 1. The number of hydrogen-bond acceptors (Lipinski definition) is 2. The average Bonchev–Trinajstić information content (AvgIpc) is 2.07. The smallest absolute Gasteiger partial charge is 0.0635 e. The molecule has 0 bridgehead atoms. The summed E-state index contributed by atoms with van der Waals surface area (Å²) in [5.41, 5.74) is 7.44. The second kappa shape index (κ2) is 4.33. The lowest BCUT2D eigenvalue weighted by Gasteiger charge is -2.03. The van der Waals surface area contributed by atoms with Crippen molar-refractivity contribution >= 4 is 17.3 Å². The Bertz CT molecular complexity index is 261. The Balaban J connectivity index is 2.69. The van der Waals surface area contributed by atoms with E-state index in [2.05, 4.69) is 12.2 Å². The Morgan fingerprint density at radius 1 is 1.50 bits per heavy atom. The predicted molar refractivity (Wildman–Crippen MR) is 53.2 cm³/mol. The van der Waals surface area contributed by atoms with Crippen molar-refractivity contribution in [1.29, 1.82) is 0 Å². The van der Waals surface area contributed by atoms with E-state index < -0.39 is 0 Å². The van der Waals surface area contributed by atoms with Crippen LogP contribution in [0.25, 0.3) is 0 Å². The van der Waals surface area contributed by atoms with Crippen molar-refractivity contribution in [3.8, 4) is 0 Å². The van der Waals surface area contributed by atoms with Crippen molar-refractivity contribution in [2.75, 3.05) is 12.3 Å². The maximum atomic E-state index is 5.77. The Morgan fingerprint density at radius 3 is 2.83 bits per heavy atom. The van der Waals surface area contributed by atoms with Gasteiger partial charge in [-0.05, 0) is 24.2 Å². The molecule has 0 unspecified atom stereocenters. The Hall–Kier alpha value is -0.730. The summed E-state index contributed by atoms with van der Waals surface area (Å²) in [5, 5.41) is 3.83. The van der Waals surface area contributed by atoms with E-state index >= 15 is 0 Å². The van der Waals surface area contributed by atoms with Crippen molar-refractivity contribution in [3.63, 3.8) is 0 Å². The van der Waals surface area contributed by atoms with E-state index in [1.54, 1.807) is 0 Å². The lowest BCUT2D eigenvalue weighted by molar-refractivity contribution is 0.727. The third-order valence-electron chi connectivity index (χ3n) is 1.64. The molecular weight excluding hydrogens is 172 g/mol. The molecule has 0 amide bonds. The summed E-state index contributed by atoms with van der Waals surface area (Å²) in [4.78, 5) is 0. The summed E-state index contributed by atoms with van der Waals surface area (Å²) >= 11 is 5.77. The lowest BCUT2D eigenvalue weighted by Crippen LogP contribution is -2.11. The molecule has 3 N–H and O–H groups in total. The molecule has 0 fully saturated rings. The van der Waals surface area contributed by atoms with Crippen molar-refractivity contribution in [2.45, 2.75) is 13.5 Å². The molecule has 1 aromatic carbocycles. The summed E-state index contributed by atoms with van der Waals surface area (Å²) in [7, 11) is 0. The highest BCUT2D eigenvalue weighted by Gasteiger charge is 1.96. The van der Waals surface area contributed by atoms with Crippen molar-refractivity contribution in [2.24, 2.45) is 0 Å². The molecule has 0 aliphatic rings. The first-order valence-electron chi connectivity index (χ1n) is 3.98. The summed E-state index contributed by atoms with van der Waals surface area (Å²) in [6.45, 7) is 3.87. The third kappa shape index (κ3) is 2.40. The lowest BCUT2D eigenvalue weighted by atomic mass is 10.2. The minimum atomic E-state index is 0.621. The molecule has 0 aliphatic carbocycles. The van der Waals surface area contributed by atoms with E-state index in [-0.39, 0.29) is 0 Å². The van der Waals surface area contributed by atoms with Gasteiger partial charge in [-0.2, -0.15) is 0 Å². The zero-order valence-electron chi connectivity index (χ0n) is 7.10. The summed E-state index contributed by atoms with van der Waals surface area (Å²) in [6.07, 6.45) is 0. The van der Waals surface area contributed by atoms with Gasteiger partial charge in [0.1, 0.15) is 0 Å². The van der Waals surface area contributed by atoms with Gasteiger partial charge in [-0.15, -0.1) is 0 Å². The highest BCUT2D eigenvalue weighted by molar-refractivity contribution is 6.33. The van der Waals surface area contributed by atoms with Crippen LogP contribution in [0.5, 0.6) is 0 Å². The van der Waals surface area contributed by atoms with Crippen LogP contribution in [0, 0.1) is 0 Å². The van der Waals surface area contributed by atoms with Crippen molar-refractivity contribution < 1.29 is 0 Å². The Labute approximate surface area is 77.7 Å². The molecule has 3 heteroatoms. The molecule has 1 rings (SSSR count). The highest BCUT2D eigenvalue weighted by atomic mass is 35.5. The number of benzene rings is 1. The summed E-state index contributed by atoms with van der Waals surface area (Å²) < 4.78 is 0. The average molecular weight is 185 g/mol. The first kappa shape index (κ1) is 9.36. The maximum Gasteiger partial charge on any atom is 0.0635 e. The molecule has 1 aromatic rings. The van der Waals surface area contributed by atoms with Crippen LogP contribution < -0.4 is 11.1 Å². The van der Waals surface area contributed by atoms with Gasteiger partial charge in [0.2, 0.25) is 0 Å². The number of rotatable bonds is 3. The largest absolute Gasteiger partial charge is 0.398 e. The minimum Gasteiger partial charge on any atom is -0.398 e. The molecule has 0 aromatic heterocycles. The fourth-order valence-electron chi connectivity index (χ4n) is 0.973. The SMILES string of the molecule is CCNCc1ccc(Cl)c(N)c1. The topological polar surface area (TPSA) is 38.0 Å². The van der Waals surface area contributed by atoms with Crippen LogP contribution in [0.4, 0.5) is 5.69 Å². The van der Waals surface area contributed by atoms with Gasteiger partial charge in [0.15, 0.2) is 0 Å². The molecule has 0 spiro atoms. The van der Waals surface area contributed by atoms with Gasteiger partial charge in [0.05, 0.1) is 10.7 Å². The molecule has 0 atom stereocenters. The van der Waals surface area contributed by atoms with Crippen LogP contribution >= 0.6 is 11.6 Å². The van der Waals surface area contributed by atoms with E-state index in [0.717, 1.165) is 13.1 Å². The molecule has 0 saturated carbocycles. The van der Waals surface area contributed by atoms with E-state index in [1.165, 1.54) is 5.56 Å².